The molecule has 0 bridgehead atoms. The molecular formula is C16H15F3N2O6S2. The number of anilines is 1. The fourth-order valence-corrected chi connectivity index (χ4v) is 7.06. The third-order valence-corrected chi connectivity index (χ3v) is 7.42. The van der Waals surface area contributed by atoms with Crippen molar-refractivity contribution < 1.29 is 41.0 Å². The largest absolute Gasteiger partial charge is 0.480 e. The summed E-state index contributed by atoms with van der Waals surface area (Å²) in [5.74, 6) is -2.78. The van der Waals surface area contributed by atoms with Crippen molar-refractivity contribution in [3.05, 3.63) is 29.8 Å². The number of carboxylic acids is 1. The summed E-state index contributed by atoms with van der Waals surface area (Å²) in [5.41, 5.74) is -1.28. The Bertz CT molecular complexity index is 964. The van der Waals surface area contributed by atoms with E-state index in [0.717, 1.165) is 22.7 Å². The van der Waals surface area contributed by atoms with Crippen molar-refractivity contribution in [2.75, 3.05) is 29.6 Å². The number of para-hydroxylation sites is 1. The number of hydrogen-bond donors (Lipinski definition) is 1. The summed E-state index contributed by atoms with van der Waals surface area (Å²) in [6, 6.07) is 3.84. The van der Waals surface area contributed by atoms with Crippen LogP contribution in [0.15, 0.2) is 29.3 Å². The number of nitrogens with zero attached hydrogens (tertiary/aromatic N) is 2. The van der Waals surface area contributed by atoms with Crippen LogP contribution in [-0.2, 0) is 30.3 Å². The maximum Gasteiger partial charge on any atom is 0.418 e. The predicted octanol–water partition coefficient (Wildman–Crippen LogP) is 1.41. The average molecular weight is 452 g/mol. The third kappa shape index (κ3) is 4.90. The number of carboxylic acid groups (broad SMARTS) is 1. The van der Waals surface area contributed by atoms with Crippen molar-refractivity contribution in [1.29, 1.82) is 0 Å². The van der Waals surface area contributed by atoms with Crippen LogP contribution < -0.4 is 4.90 Å². The minimum atomic E-state index is -4.70. The van der Waals surface area contributed by atoms with Crippen LogP contribution in [0.1, 0.15) is 5.56 Å². The number of amidine groups is 1. The Morgan fingerprint density at radius 3 is 2.59 bits per heavy atom. The van der Waals surface area contributed by atoms with E-state index in [1.807, 2.05) is 0 Å². The number of rotatable bonds is 5. The molecule has 13 heteroatoms. The van der Waals surface area contributed by atoms with Gasteiger partial charge in [0, 0.05) is 5.25 Å². The predicted molar refractivity (Wildman–Crippen MR) is 98.6 cm³/mol. The Kier molecular flexibility index (Phi) is 5.92. The zero-order valence-electron chi connectivity index (χ0n) is 14.6. The number of carbonyl (C=O) groups is 2. The fraction of sp³-hybridized carbons (Fsp3) is 0.438. The van der Waals surface area contributed by atoms with E-state index in [1.54, 1.807) is 0 Å². The quantitative estimate of drug-likeness (QED) is 0.714. The molecule has 158 valence electrons. The van der Waals surface area contributed by atoms with E-state index >= 15 is 0 Å². The first-order valence-corrected chi connectivity index (χ1v) is 10.9. The molecule has 2 aliphatic rings. The minimum Gasteiger partial charge on any atom is -0.480 e. The molecule has 1 aromatic carbocycles. The van der Waals surface area contributed by atoms with Crippen LogP contribution in [0.25, 0.3) is 0 Å². The van der Waals surface area contributed by atoms with Crippen molar-refractivity contribution in [3.8, 4) is 0 Å². The lowest BCUT2D eigenvalue weighted by Gasteiger charge is -2.27. The molecular weight excluding hydrogens is 437 g/mol. The number of amides is 1. The van der Waals surface area contributed by atoms with Gasteiger partial charge in [-0.15, -0.1) is 0 Å². The average Bonchev–Trinajstić information content (AvgIpc) is 3.04. The summed E-state index contributed by atoms with van der Waals surface area (Å²) in [7, 11) is -3.44. The highest BCUT2D eigenvalue weighted by Gasteiger charge is 2.51. The van der Waals surface area contributed by atoms with Gasteiger partial charge < -0.3 is 14.7 Å². The summed E-state index contributed by atoms with van der Waals surface area (Å²) in [6.07, 6.45) is -4.70. The van der Waals surface area contributed by atoms with Gasteiger partial charge in [0.05, 0.1) is 28.8 Å². The second-order valence-electron chi connectivity index (χ2n) is 6.36. The van der Waals surface area contributed by atoms with Crippen molar-refractivity contribution in [2.45, 2.75) is 17.5 Å². The van der Waals surface area contributed by atoms with E-state index in [2.05, 4.69) is 9.73 Å². The van der Waals surface area contributed by atoms with Gasteiger partial charge in [-0.25, -0.2) is 13.2 Å². The monoisotopic (exact) mass is 452 g/mol. The van der Waals surface area contributed by atoms with Gasteiger partial charge in [-0.3, -0.25) is 4.79 Å². The van der Waals surface area contributed by atoms with Crippen LogP contribution in [0.2, 0.25) is 0 Å². The normalized spacial score (nSPS) is 24.7. The standard InChI is InChI=1S/C16H15F3N2O6S2/c17-16(18,19)9-3-1-2-4-10(9)21-11-7-29(25,26)8-12(11)28-15(21)20-13(22)5-27-6-14(23)24/h1-4,11-12H,5-8H2,(H,23,24)/t11-,12+/m1/s1. The summed E-state index contributed by atoms with van der Waals surface area (Å²) in [6.45, 7) is -1.40. The molecule has 0 unspecified atom stereocenters. The van der Waals surface area contributed by atoms with E-state index in [0.29, 0.717) is 0 Å². The molecule has 0 radical (unpaired) electrons. The smallest absolute Gasteiger partial charge is 0.418 e. The molecule has 8 nitrogen and oxygen atoms in total. The molecule has 2 fully saturated rings. The Hall–Kier alpha value is -2.12. The van der Waals surface area contributed by atoms with E-state index in [9.17, 15) is 31.2 Å². The lowest BCUT2D eigenvalue weighted by atomic mass is 10.1. The maximum atomic E-state index is 13.5. The molecule has 1 amide bonds. The van der Waals surface area contributed by atoms with E-state index in [-0.39, 0.29) is 22.4 Å². The molecule has 0 spiro atoms. The first-order chi connectivity index (χ1) is 13.5. The molecule has 2 atom stereocenters. The van der Waals surface area contributed by atoms with Crippen LogP contribution in [0.4, 0.5) is 18.9 Å². The van der Waals surface area contributed by atoms with Crippen LogP contribution in [0, 0.1) is 0 Å². The number of ether oxygens (including phenoxy) is 1. The third-order valence-electron chi connectivity index (χ3n) is 4.21. The number of alkyl halides is 3. The van der Waals surface area contributed by atoms with Crippen LogP contribution in [0.3, 0.4) is 0 Å². The van der Waals surface area contributed by atoms with E-state index in [1.165, 1.54) is 18.2 Å². The zero-order valence-corrected chi connectivity index (χ0v) is 16.3. The number of aliphatic imine (C=N–C) groups is 1. The maximum absolute atomic E-state index is 13.5. The number of sulfone groups is 1. The molecule has 2 saturated heterocycles. The molecule has 0 saturated carbocycles. The van der Waals surface area contributed by atoms with Gasteiger partial charge in [-0.2, -0.15) is 18.2 Å². The highest BCUT2D eigenvalue weighted by molar-refractivity contribution is 8.16. The number of aliphatic carboxylic acids is 1. The second-order valence-corrected chi connectivity index (χ2v) is 9.72. The van der Waals surface area contributed by atoms with Gasteiger partial charge in [0.2, 0.25) is 0 Å². The van der Waals surface area contributed by atoms with Gasteiger partial charge in [-0.1, -0.05) is 23.9 Å². The summed E-state index contributed by atoms with van der Waals surface area (Å²) in [4.78, 5) is 27.3. The van der Waals surface area contributed by atoms with Gasteiger partial charge in [-0.05, 0) is 12.1 Å². The first-order valence-electron chi connectivity index (χ1n) is 8.21. The zero-order chi connectivity index (χ0) is 21.4. The first kappa shape index (κ1) is 21.6. The summed E-state index contributed by atoms with van der Waals surface area (Å²) >= 11 is 0.911. The van der Waals surface area contributed by atoms with Crippen LogP contribution >= 0.6 is 11.8 Å². The molecule has 29 heavy (non-hydrogen) atoms. The molecule has 1 N–H and O–H groups in total. The highest BCUT2D eigenvalue weighted by Crippen LogP contribution is 2.45. The Balaban J connectivity index is 1.97. The molecule has 2 heterocycles. The Morgan fingerprint density at radius 1 is 1.24 bits per heavy atom. The van der Waals surface area contributed by atoms with Crippen LogP contribution in [0.5, 0.6) is 0 Å². The number of halogens is 3. The number of fused-ring (bicyclic) bond motifs is 1. The minimum absolute atomic E-state index is 0.0736. The van der Waals surface area contributed by atoms with Gasteiger partial charge in [0.25, 0.3) is 5.91 Å². The number of benzene rings is 1. The summed E-state index contributed by atoms with van der Waals surface area (Å²) < 4.78 is 69.1. The Morgan fingerprint density at radius 2 is 1.93 bits per heavy atom. The van der Waals surface area contributed by atoms with Crippen molar-refractivity contribution in [1.82, 2.24) is 0 Å². The molecule has 2 aliphatic heterocycles. The van der Waals surface area contributed by atoms with E-state index in [4.69, 9.17) is 5.11 Å². The SMILES string of the molecule is O=C(O)COCC(=O)N=C1S[C@H]2CS(=O)(=O)C[C@H]2N1c1ccccc1C(F)(F)F. The van der Waals surface area contributed by atoms with Gasteiger partial charge >= 0.3 is 12.1 Å². The lowest BCUT2D eigenvalue weighted by Crippen LogP contribution is -2.39. The number of hydrogen-bond acceptors (Lipinski definition) is 6. The van der Waals surface area contributed by atoms with E-state index < -0.39 is 58.0 Å². The van der Waals surface area contributed by atoms with Gasteiger partial charge in [0.1, 0.15) is 13.2 Å². The molecule has 1 aromatic rings. The number of carbonyl (C=O) groups excluding carboxylic acids is 1. The fourth-order valence-electron chi connectivity index (χ4n) is 3.13. The van der Waals surface area contributed by atoms with Crippen molar-refractivity contribution in [3.63, 3.8) is 0 Å². The Labute approximate surface area is 167 Å². The highest BCUT2D eigenvalue weighted by atomic mass is 32.2. The molecule has 0 aliphatic carbocycles. The molecule has 3 rings (SSSR count). The second kappa shape index (κ2) is 7.95. The van der Waals surface area contributed by atoms with Crippen LogP contribution in [-0.4, -0.2) is 66.6 Å². The molecule has 0 aromatic heterocycles. The topological polar surface area (TPSA) is 113 Å². The summed E-state index contributed by atoms with van der Waals surface area (Å²) in [5, 5.41) is 7.87. The lowest BCUT2D eigenvalue weighted by molar-refractivity contribution is -0.143. The number of thioether (sulfide) groups is 1. The van der Waals surface area contributed by atoms with Crippen molar-refractivity contribution in [2.24, 2.45) is 4.99 Å². The van der Waals surface area contributed by atoms with Crippen molar-refractivity contribution >= 4 is 44.3 Å². The van der Waals surface area contributed by atoms with Gasteiger partial charge in [0.15, 0.2) is 15.0 Å².